The molecule has 1 aromatic heterocycles. The van der Waals surface area contributed by atoms with Gasteiger partial charge in [0.2, 0.25) is 15.9 Å². The molecule has 2 N–H and O–H groups in total. The molecule has 0 aliphatic carbocycles. The van der Waals surface area contributed by atoms with Gasteiger partial charge in [-0.25, -0.2) is 17.6 Å². The third-order valence-electron chi connectivity index (χ3n) is 14.4. The fourth-order valence-electron chi connectivity index (χ4n) is 10.8. The molecule has 1 fully saturated rings. The topological polar surface area (TPSA) is 151 Å². The Hall–Kier alpha value is -7.98. The maximum Gasteiger partial charge on any atom is 0.363 e. The highest BCUT2D eigenvalue weighted by atomic mass is 32.2. The maximum atomic E-state index is 14.9. The zero-order chi connectivity index (χ0) is 50.7. The van der Waals surface area contributed by atoms with Crippen LogP contribution in [0.3, 0.4) is 0 Å². The van der Waals surface area contributed by atoms with Crippen molar-refractivity contribution in [2.75, 3.05) is 42.3 Å². The molecule has 8 aromatic rings. The number of carboxylic acid groups (broad SMARTS) is 1. The van der Waals surface area contributed by atoms with E-state index < -0.39 is 33.3 Å². The molecule has 4 aliphatic rings. The number of fused-ring (bicyclic) bond motifs is 5. The minimum Gasteiger partial charge on any atom is -0.489 e. The first-order valence-electron chi connectivity index (χ1n) is 24.6. The number of sulfonamides is 1. The standard InChI is InChI=1S/C59H49N5O8S2/c1-61(34-38-19-23-44(24-20-38)71-35-41-36-73-58-55(57(66)64(58)56(41)59(67)68)60-53(65)31-37-11-3-2-4-12-37)74(69,70)52-18-10-7-15-47(52)54-45-25-21-42(62-29-27-39-13-5-8-16-48(39)62)32-50(45)72-51-33-43(22-26-46(51)54)63-30-28-40-14-6-9-17-49(40)63/h2-26,32-33,55,58H,27-31,34-36H2,1H3,(H-,60,65,67,68)/p+1/t55-,58?/m1/s1. The average Bonchev–Trinajstić information content (AvgIpc) is 4.06. The molecule has 0 saturated carbocycles. The number of carboxylic acids is 1. The Labute approximate surface area is 432 Å². The van der Waals surface area contributed by atoms with Crippen LogP contribution in [0.2, 0.25) is 0 Å². The first-order chi connectivity index (χ1) is 36.0. The van der Waals surface area contributed by atoms with E-state index in [1.807, 2.05) is 54.6 Å². The summed E-state index contributed by atoms with van der Waals surface area (Å²) in [4.78, 5) is 44.6. The number of benzene rings is 7. The van der Waals surface area contributed by atoms with E-state index in [0.717, 1.165) is 70.6 Å². The minimum absolute atomic E-state index is 0.0520. The monoisotopic (exact) mass is 1020 g/mol. The number of nitrogens with zero attached hydrogens (tertiary/aromatic N) is 4. The summed E-state index contributed by atoms with van der Waals surface area (Å²) in [6.07, 6.45) is 1.98. The number of anilines is 4. The molecule has 7 aromatic carbocycles. The van der Waals surface area contributed by atoms with E-state index in [0.29, 0.717) is 33.6 Å². The third-order valence-corrected chi connectivity index (χ3v) is 17.6. The predicted molar refractivity (Wildman–Crippen MR) is 288 cm³/mol. The third kappa shape index (κ3) is 8.49. The molecular weight excluding hydrogens is 971 g/mol. The summed E-state index contributed by atoms with van der Waals surface area (Å²) >= 11 is 1.37. The molecule has 1 saturated heterocycles. The van der Waals surface area contributed by atoms with E-state index in [1.54, 1.807) is 43.4 Å². The van der Waals surface area contributed by atoms with Crippen molar-refractivity contribution in [2.24, 2.45) is 0 Å². The molecule has 2 amide bonds. The van der Waals surface area contributed by atoms with Crippen LogP contribution in [0.4, 0.5) is 22.7 Å². The Balaban J connectivity index is 0.796. The summed E-state index contributed by atoms with van der Waals surface area (Å²) in [6.45, 7) is 1.64. The molecule has 15 heteroatoms. The normalized spacial score (nSPS) is 17.1. The summed E-state index contributed by atoms with van der Waals surface area (Å²) in [7, 11) is -2.54. The van der Waals surface area contributed by atoms with Gasteiger partial charge in [0.25, 0.3) is 5.91 Å². The average molecular weight is 1020 g/mol. The van der Waals surface area contributed by atoms with Gasteiger partial charge in [0.1, 0.15) is 29.5 Å². The van der Waals surface area contributed by atoms with Crippen molar-refractivity contribution < 1.29 is 37.1 Å². The van der Waals surface area contributed by atoms with Crippen molar-refractivity contribution in [3.8, 4) is 16.9 Å². The van der Waals surface area contributed by atoms with Crippen molar-refractivity contribution in [3.05, 3.63) is 197 Å². The SMILES string of the molecule is CN(Cc1ccc(OCC2=C(C(=O)O)N3C(=O)[C@@H](NC(=O)Cc4ccccc4)C3SC2)cc1)S(=O)(=O)c1ccccc1-c1c2ccc(N3CCc4ccccc43)cc2[o+]c2cc(N3CCc4ccccc43)ccc12. The molecule has 13 nitrogen and oxygen atoms in total. The first kappa shape index (κ1) is 47.1. The van der Waals surface area contributed by atoms with Crippen LogP contribution in [0.1, 0.15) is 22.3 Å². The number of para-hydroxylation sites is 2. The molecule has 2 atom stereocenters. The summed E-state index contributed by atoms with van der Waals surface area (Å²) in [5.41, 5.74) is 11.3. The number of hydrogen-bond donors (Lipinski definition) is 2. The second kappa shape index (κ2) is 19.1. The molecule has 12 rings (SSSR count). The summed E-state index contributed by atoms with van der Waals surface area (Å²) < 4.78 is 44.1. The molecule has 0 radical (unpaired) electrons. The Bertz CT molecular complexity index is 3610. The van der Waals surface area contributed by atoms with Crippen molar-refractivity contribution >= 4 is 84.3 Å². The highest BCUT2D eigenvalue weighted by Gasteiger charge is 2.54. The number of nitrogens with one attached hydrogen (secondary N) is 1. The van der Waals surface area contributed by atoms with Crippen molar-refractivity contribution in [1.82, 2.24) is 14.5 Å². The van der Waals surface area contributed by atoms with Gasteiger partial charge < -0.3 is 25.0 Å². The zero-order valence-corrected chi connectivity index (χ0v) is 41.9. The maximum absolute atomic E-state index is 14.9. The Kier molecular flexibility index (Phi) is 12.2. The van der Waals surface area contributed by atoms with E-state index >= 15 is 0 Å². The lowest BCUT2D eigenvalue weighted by Crippen LogP contribution is -2.70. The smallest absolute Gasteiger partial charge is 0.363 e. The number of carbonyl (C=O) groups excluding carboxylic acids is 2. The highest BCUT2D eigenvalue weighted by Crippen LogP contribution is 2.45. The van der Waals surface area contributed by atoms with Gasteiger partial charge in [0.05, 0.1) is 45.6 Å². The molecule has 1 unspecified atom stereocenters. The number of thioether (sulfide) groups is 1. The van der Waals surface area contributed by atoms with Gasteiger partial charge in [-0.15, -0.1) is 11.8 Å². The second-order valence-corrected chi connectivity index (χ2v) is 22.1. The van der Waals surface area contributed by atoms with E-state index in [-0.39, 0.29) is 41.8 Å². The van der Waals surface area contributed by atoms with Gasteiger partial charge in [-0.3, -0.25) is 14.5 Å². The number of hydrogen-bond acceptors (Lipinski definition) is 9. The van der Waals surface area contributed by atoms with E-state index in [9.17, 15) is 27.9 Å². The lowest BCUT2D eigenvalue weighted by molar-refractivity contribution is -0.150. The van der Waals surface area contributed by atoms with Crippen molar-refractivity contribution in [1.29, 1.82) is 0 Å². The van der Waals surface area contributed by atoms with Gasteiger partial charge in [-0.05, 0) is 89.7 Å². The zero-order valence-electron chi connectivity index (χ0n) is 40.3. The lowest BCUT2D eigenvalue weighted by atomic mass is 9.96. The second-order valence-electron chi connectivity index (χ2n) is 19.0. The van der Waals surface area contributed by atoms with E-state index in [2.05, 4.69) is 87.9 Å². The number of β-lactam (4-membered cyclic amide) rings is 1. The van der Waals surface area contributed by atoms with Crippen LogP contribution in [-0.2, 0) is 50.2 Å². The van der Waals surface area contributed by atoms with Gasteiger partial charge >= 0.3 is 17.1 Å². The van der Waals surface area contributed by atoms with Crippen LogP contribution >= 0.6 is 11.8 Å². The summed E-state index contributed by atoms with van der Waals surface area (Å²) in [5.74, 6) is -1.32. The Morgan fingerprint density at radius 3 is 1.97 bits per heavy atom. The summed E-state index contributed by atoms with van der Waals surface area (Å²) in [6, 6.07) is 51.8. The van der Waals surface area contributed by atoms with Crippen LogP contribution in [-0.4, -0.2) is 84.4 Å². The number of rotatable bonds is 14. The van der Waals surface area contributed by atoms with E-state index in [1.165, 1.54) is 32.1 Å². The number of carbonyl (C=O) groups is 3. The van der Waals surface area contributed by atoms with Crippen molar-refractivity contribution in [3.63, 3.8) is 0 Å². The van der Waals surface area contributed by atoms with Crippen LogP contribution in [0.25, 0.3) is 33.1 Å². The quantitative estimate of drug-likeness (QED) is 0.0609. The number of aliphatic carboxylic acids is 1. The Morgan fingerprint density at radius 2 is 1.34 bits per heavy atom. The molecule has 74 heavy (non-hydrogen) atoms. The molecule has 370 valence electrons. The lowest BCUT2D eigenvalue weighted by Gasteiger charge is -2.49. The first-order valence-corrected chi connectivity index (χ1v) is 27.0. The van der Waals surface area contributed by atoms with Gasteiger partial charge in [-0.2, -0.15) is 4.31 Å². The number of amides is 2. The van der Waals surface area contributed by atoms with Crippen molar-refractivity contribution in [2.45, 2.75) is 42.1 Å². The molecule has 4 aliphatic heterocycles. The van der Waals surface area contributed by atoms with Crippen LogP contribution < -0.4 is 19.9 Å². The largest absolute Gasteiger partial charge is 0.489 e. The number of ether oxygens (including phenoxy) is 1. The van der Waals surface area contributed by atoms with Crippen LogP contribution in [0.15, 0.2) is 184 Å². The van der Waals surface area contributed by atoms with Crippen LogP contribution in [0.5, 0.6) is 5.75 Å². The minimum atomic E-state index is -4.11. The predicted octanol–water partition coefficient (Wildman–Crippen LogP) is 10.1. The fourth-order valence-corrected chi connectivity index (χ4v) is 13.5. The van der Waals surface area contributed by atoms with Gasteiger partial charge in [0, 0.05) is 60.5 Å². The molecular formula is C59H50N5O8S2+. The molecule has 5 heterocycles. The fraction of sp³-hybridized carbons (Fsp3) is 0.186. The highest BCUT2D eigenvalue weighted by molar-refractivity contribution is 8.00. The molecule has 0 spiro atoms. The Morgan fingerprint density at radius 1 is 0.743 bits per heavy atom. The van der Waals surface area contributed by atoms with Crippen LogP contribution in [0, 0.1) is 0 Å². The van der Waals surface area contributed by atoms with Gasteiger partial charge in [-0.1, -0.05) is 97.1 Å². The van der Waals surface area contributed by atoms with Gasteiger partial charge in [0.15, 0.2) is 0 Å². The molecule has 0 bridgehead atoms. The van der Waals surface area contributed by atoms with E-state index in [4.69, 9.17) is 9.15 Å². The summed E-state index contributed by atoms with van der Waals surface area (Å²) in [5, 5.41) is 14.1.